The van der Waals surface area contributed by atoms with Crippen LogP contribution in [-0.2, 0) is 11.3 Å². The van der Waals surface area contributed by atoms with Crippen molar-refractivity contribution in [2.75, 3.05) is 53.6 Å². The topological polar surface area (TPSA) is 54.4 Å². The van der Waals surface area contributed by atoms with Crippen LogP contribution >= 0.6 is 0 Å². The number of rotatable bonds is 9. The van der Waals surface area contributed by atoms with Gasteiger partial charge in [-0.25, -0.2) is 0 Å². The maximum Gasteiger partial charge on any atom is 0.161 e. The summed E-state index contributed by atoms with van der Waals surface area (Å²) in [7, 11) is 3.45. The van der Waals surface area contributed by atoms with Gasteiger partial charge in [0.2, 0.25) is 0 Å². The molecule has 1 aromatic carbocycles. The molecule has 0 amide bonds. The van der Waals surface area contributed by atoms with Crippen molar-refractivity contribution in [1.29, 1.82) is 0 Å². The van der Waals surface area contributed by atoms with Gasteiger partial charge in [-0.3, -0.25) is 4.90 Å². The van der Waals surface area contributed by atoms with Crippen molar-refractivity contribution in [3.63, 3.8) is 0 Å². The molecule has 2 fully saturated rings. The first-order valence-corrected chi connectivity index (χ1v) is 10.6. The number of hydrogen-bond donors (Lipinski definition) is 1. The van der Waals surface area contributed by atoms with Gasteiger partial charge in [0, 0.05) is 33.3 Å². The van der Waals surface area contributed by atoms with Crippen molar-refractivity contribution < 1.29 is 19.3 Å². The van der Waals surface area contributed by atoms with Crippen molar-refractivity contribution in [1.82, 2.24) is 9.80 Å². The third-order valence-corrected chi connectivity index (χ3v) is 5.85. The summed E-state index contributed by atoms with van der Waals surface area (Å²) in [5, 5.41) is 10.4. The Kier molecular flexibility index (Phi) is 8.40. The molecule has 1 aromatic rings. The minimum Gasteiger partial charge on any atom is -0.493 e. The maximum atomic E-state index is 10.4. The Hall–Kier alpha value is -1.34. The van der Waals surface area contributed by atoms with Gasteiger partial charge in [0.05, 0.1) is 13.2 Å². The fourth-order valence-corrected chi connectivity index (χ4v) is 4.17. The largest absolute Gasteiger partial charge is 0.493 e. The zero-order valence-corrected chi connectivity index (χ0v) is 17.4. The number of hydrogen-bond acceptors (Lipinski definition) is 6. The molecule has 1 atom stereocenters. The Morgan fingerprint density at radius 2 is 1.75 bits per heavy atom. The molecule has 0 saturated carbocycles. The van der Waals surface area contributed by atoms with Crippen LogP contribution in [0, 0.1) is 0 Å². The smallest absolute Gasteiger partial charge is 0.161 e. The predicted octanol–water partition coefficient (Wildman–Crippen LogP) is 2.53. The highest BCUT2D eigenvalue weighted by Crippen LogP contribution is 2.29. The lowest BCUT2D eigenvalue weighted by Gasteiger charge is -2.31. The lowest BCUT2D eigenvalue weighted by molar-refractivity contribution is 0.0388. The summed E-state index contributed by atoms with van der Waals surface area (Å²) in [6.07, 6.45) is 5.83. The molecule has 0 aromatic heterocycles. The lowest BCUT2D eigenvalue weighted by Crippen LogP contribution is -2.38. The summed E-state index contributed by atoms with van der Waals surface area (Å²) in [6.45, 7) is 6.12. The molecule has 28 heavy (non-hydrogen) atoms. The Bertz CT molecular complexity index is 584. The molecule has 2 saturated heterocycles. The second-order valence-corrected chi connectivity index (χ2v) is 8.02. The number of nitrogens with zero attached hydrogens (tertiary/aromatic N) is 2. The Labute approximate surface area is 169 Å². The van der Waals surface area contributed by atoms with Gasteiger partial charge >= 0.3 is 0 Å². The predicted molar refractivity (Wildman–Crippen MR) is 110 cm³/mol. The molecule has 6 nitrogen and oxygen atoms in total. The average Bonchev–Trinajstić information content (AvgIpc) is 2.73. The van der Waals surface area contributed by atoms with Crippen LogP contribution in [0.3, 0.4) is 0 Å². The minimum absolute atomic E-state index is 0.287. The average molecular weight is 393 g/mol. The van der Waals surface area contributed by atoms with E-state index in [1.165, 1.54) is 24.8 Å². The van der Waals surface area contributed by atoms with E-state index in [9.17, 15) is 5.11 Å². The normalized spacial score (nSPS) is 20.8. The molecule has 1 N–H and O–H groups in total. The molecule has 6 heteroatoms. The lowest BCUT2D eigenvalue weighted by atomic mass is 10.1. The van der Waals surface area contributed by atoms with Crippen molar-refractivity contribution >= 4 is 0 Å². The summed E-state index contributed by atoms with van der Waals surface area (Å²) >= 11 is 0. The van der Waals surface area contributed by atoms with Crippen molar-refractivity contribution in [3.05, 3.63) is 23.8 Å². The molecule has 0 bridgehead atoms. The van der Waals surface area contributed by atoms with E-state index in [4.69, 9.17) is 14.2 Å². The number of benzene rings is 1. The fourth-order valence-electron chi connectivity index (χ4n) is 4.17. The molecule has 2 aliphatic rings. The van der Waals surface area contributed by atoms with Crippen LogP contribution in [0.25, 0.3) is 0 Å². The van der Waals surface area contributed by atoms with E-state index in [1.54, 1.807) is 14.2 Å². The van der Waals surface area contributed by atoms with Crippen LogP contribution in [0.1, 0.15) is 37.7 Å². The Balaban J connectivity index is 1.52. The summed E-state index contributed by atoms with van der Waals surface area (Å²) in [5.41, 5.74) is 1.21. The Morgan fingerprint density at radius 3 is 2.43 bits per heavy atom. The van der Waals surface area contributed by atoms with Crippen LogP contribution in [0.5, 0.6) is 11.5 Å². The second-order valence-electron chi connectivity index (χ2n) is 8.02. The Morgan fingerprint density at radius 1 is 1.00 bits per heavy atom. The molecular weight excluding hydrogens is 356 g/mol. The van der Waals surface area contributed by atoms with Gasteiger partial charge in [0.1, 0.15) is 12.7 Å². The van der Waals surface area contributed by atoms with Gasteiger partial charge < -0.3 is 24.2 Å². The van der Waals surface area contributed by atoms with Crippen LogP contribution in [0.15, 0.2) is 18.2 Å². The number of aliphatic hydroxyl groups is 1. The van der Waals surface area contributed by atoms with Crippen LogP contribution < -0.4 is 9.47 Å². The molecule has 158 valence electrons. The summed E-state index contributed by atoms with van der Waals surface area (Å²) in [4.78, 5) is 4.78. The molecule has 3 rings (SSSR count). The molecule has 0 unspecified atom stereocenters. The summed E-state index contributed by atoms with van der Waals surface area (Å²) in [6, 6.07) is 6.11. The highest BCUT2D eigenvalue weighted by molar-refractivity contribution is 5.43. The van der Waals surface area contributed by atoms with Gasteiger partial charge in [-0.1, -0.05) is 12.5 Å². The molecular formula is C22H36N2O4. The van der Waals surface area contributed by atoms with E-state index in [-0.39, 0.29) is 6.61 Å². The van der Waals surface area contributed by atoms with Crippen molar-refractivity contribution in [2.45, 2.75) is 50.9 Å². The highest BCUT2D eigenvalue weighted by Gasteiger charge is 2.20. The summed E-state index contributed by atoms with van der Waals surface area (Å²) < 4.78 is 16.9. The first kappa shape index (κ1) is 21.4. The standard InChI is InChI=1S/C22H36N2O4/c1-26-20-8-12-24(13-9-20)15-18-6-7-21(27-2)22(14-18)28-17-19(25)16-23-10-4-3-5-11-23/h6-7,14,19-20,25H,3-5,8-13,15-17H2,1-2H3/t19-/m0/s1. The van der Waals surface area contributed by atoms with E-state index >= 15 is 0 Å². The third-order valence-electron chi connectivity index (χ3n) is 5.85. The number of ether oxygens (including phenoxy) is 3. The molecule has 2 heterocycles. The highest BCUT2D eigenvalue weighted by atomic mass is 16.5. The molecule has 0 radical (unpaired) electrons. The number of β-amino-alcohol motifs (C(OH)–C–C–N with tert-alkyl or cyclic N) is 1. The quantitative estimate of drug-likeness (QED) is 0.697. The molecule has 2 aliphatic heterocycles. The van der Waals surface area contributed by atoms with E-state index in [0.29, 0.717) is 24.1 Å². The van der Waals surface area contributed by atoms with Crippen molar-refractivity contribution in [2.24, 2.45) is 0 Å². The van der Waals surface area contributed by atoms with Gasteiger partial charge in [-0.05, 0) is 56.5 Å². The van der Waals surface area contributed by atoms with Crippen molar-refractivity contribution in [3.8, 4) is 11.5 Å². The van der Waals surface area contributed by atoms with Gasteiger partial charge in [-0.15, -0.1) is 0 Å². The van der Waals surface area contributed by atoms with Gasteiger partial charge in [0.25, 0.3) is 0 Å². The van der Waals surface area contributed by atoms with Crippen LogP contribution in [0.2, 0.25) is 0 Å². The van der Waals surface area contributed by atoms with E-state index in [1.807, 2.05) is 6.07 Å². The third kappa shape index (κ3) is 6.34. The number of aliphatic hydroxyl groups excluding tert-OH is 1. The fraction of sp³-hybridized carbons (Fsp3) is 0.727. The van der Waals surface area contributed by atoms with E-state index in [2.05, 4.69) is 21.9 Å². The number of likely N-dealkylation sites (tertiary alicyclic amines) is 2. The molecule has 0 aliphatic carbocycles. The number of methoxy groups -OCH3 is 2. The minimum atomic E-state index is -0.487. The number of piperidine rings is 2. The van der Waals surface area contributed by atoms with Gasteiger partial charge in [-0.2, -0.15) is 0 Å². The van der Waals surface area contributed by atoms with E-state index in [0.717, 1.165) is 45.6 Å². The zero-order valence-electron chi connectivity index (χ0n) is 17.4. The summed E-state index contributed by atoms with van der Waals surface area (Å²) in [5.74, 6) is 1.43. The monoisotopic (exact) mass is 392 g/mol. The zero-order chi connectivity index (χ0) is 19.8. The second kappa shape index (κ2) is 11.0. The first-order valence-electron chi connectivity index (χ1n) is 10.6. The van der Waals surface area contributed by atoms with E-state index < -0.39 is 6.10 Å². The van der Waals surface area contributed by atoms with Crippen LogP contribution in [0.4, 0.5) is 0 Å². The van der Waals surface area contributed by atoms with Gasteiger partial charge in [0.15, 0.2) is 11.5 Å². The SMILES string of the molecule is COc1ccc(CN2CCC(OC)CC2)cc1OC[C@@H](O)CN1CCCCC1. The first-order chi connectivity index (χ1) is 13.7. The van der Waals surface area contributed by atoms with Crippen LogP contribution in [-0.4, -0.2) is 80.7 Å². The molecule has 0 spiro atoms. The maximum absolute atomic E-state index is 10.4.